The van der Waals surface area contributed by atoms with Gasteiger partial charge in [-0.2, -0.15) is 0 Å². The van der Waals surface area contributed by atoms with E-state index >= 15 is 0 Å². The normalized spacial score (nSPS) is 10.9. The monoisotopic (exact) mass is 426 g/mol. The van der Waals surface area contributed by atoms with Crippen molar-refractivity contribution in [3.8, 4) is 11.4 Å². The largest absolute Gasteiger partial charge is 0.325 e. The van der Waals surface area contributed by atoms with Gasteiger partial charge in [-0.25, -0.2) is 0 Å². The minimum absolute atomic E-state index is 0.0606. The molecule has 2 aromatic heterocycles. The minimum Gasteiger partial charge on any atom is -0.325 e. The average molecular weight is 427 g/mol. The number of hydrogen-bond acceptors (Lipinski definition) is 5. The highest BCUT2D eigenvalue weighted by Gasteiger charge is 2.19. The van der Waals surface area contributed by atoms with Gasteiger partial charge in [0.25, 0.3) is 0 Å². The Bertz CT molecular complexity index is 989. The van der Waals surface area contributed by atoms with E-state index in [1.165, 1.54) is 27.8 Å². The van der Waals surface area contributed by atoms with Crippen LogP contribution in [0.1, 0.15) is 29.9 Å². The van der Waals surface area contributed by atoms with Crippen molar-refractivity contribution >= 4 is 34.7 Å². The Balaban J connectivity index is 1.72. The number of benzene rings is 1. The van der Waals surface area contributed by atoms with Gasteiger partial charge < -0.3 is 5.32 Å². The van der Waals surface area contributed by atoms with Gasteiger partial charge in [-0.1, -0.05) is 43.8 Å². The standard InChI is InChI=1S/C22H26N4OS2/c1-5-12-26-21(19-13-28-15(4)18(19)7-3)24-25-22(26)29-14-20(27)23-17-10-8-16(6-2)9-11-17/h5,8-11,13H,1,6-7,12,14H2,2-4H3,(H,23,27). The number of nitrogens with zero attached hydrogens (tertiary/aromatic N) is 3. The number of aryl methyl sites for hydroxylation is 2. The van der Waals surface area contributed by atoms with E-state index in [4.69, 9.17) is 0 Å². The Morgan fingerprint density at radius 1 is 1.24 bits per heavy atom. The van der Waals surface area contributed by atoms with Gasteiger partial charge in [0.05, 0.1) is 5.75 Å². The zero-order valence-electron chi connectivity index (χ0n) is 17.1. The van der Waals surface area contributed by atoms with Crippen molar-refractivity contribution in [3.63, 3.8) is 0 Å². The van der Waals surface area contributed by atoms with Crippen molar-refractivity contribution in [2.45, 2.75) is 45.3 Å². The molecule has 152 valence electrons. The summed E-state index contributed by atoms with van der Waals surface area (Å²) in [4.78, 5) is 13.7. The maximum Gasteiger partial charge on any atom is 0.234 e. The van der Waals surface area contributed by atoms with Crippen LogP contribution < -0.4 is 5.32 Å². The van der Waals surface area contributed by atoms with Crippen molar-refractivity contribution in [3.05, 3.63) is 58.3 Å². The topological polar surface area (TPSA) is 59.8 Å². The molecule has 0 aliphatic rings. The number of carbonyl (C=O) groups is 1. The summed E-state index contributed by atoms with van der Waals surface area (Å²) in [6.45, 7) is 10.9. The van der Waals surface area contributed by atoms with Crippen molar-refractivity contribution in [1.82, 2.24) is 14.8 Å². The highest BCUT2D eigenvalue weighted by atomic mass is 32.2. The van der Waals surface area contributed by atoms with Crippen LogP contribution in [0, 0.1) is 6.92 Å². The fourth-order valence-corrected chi connectivity index (χ4v) is 4.83. The van der Waals surface area contributed by atoms with E-state index in [1.807, 2.05) is 34.9 Å². The molecule has 7 heteroatoms. The van der Waals surface area contributed by atoms with E-state index in [2.05, 4.69) is 48.2 Å². The third-order valence-electron chi connectivity index (χ3n) is 4.70. The molecule has 0 atom stereocenters. The molecule has 0 saturated carbocycles. The Hall–Kier alpha value is -2.38. The Morgan fingerprint density at radius 2 is 2.00 bits per heavy atom. The smallest absolute Gasteiger partial charge is 0.234 e. The molecule has 0 aliphatic heterocycles. The Labute approximate surface area is 180 Å². The van der Waals surface area contributed by atoms with Gasteiger partial charge in [0.15, 0.2) is 11.0 Å². The van der Waals surface area contributed by atoms with Gasteiger partial charge >= 0.3 is 0 Å². The van der Waals surface area contributed by atoms with Crippen LogP contribution in [0.4, 0.5) is 5.69 Å². The summed E-state index contributed by atoms with van der Waals surface area (Å²) >= 11 is 3.12. The number of thioether (sulfide) groups is 1. The number of thiophene rings is 1. The number of nitrogens with one attached hydrogen (secondary N) is 1. The molecule has 3 rings (SSSR count). The first-order chi connectivity index (χ1) is 14.1. The molecule has 2 heterocycles. The summed E-state index contributed by atoms with van der Waals surface area (Å²) in [5.41, 5.74) is 4.48. The first kappa shape index (κ1) is 21.3. The lowest BCUT2D eigenvalue weighted by Gasteiger charge is -2.09. The van der Waals surface area contributed by atoms with Crippen molar-refractivity contribution < 1.29 is 4.79 Å². The second-order valence-corrected chi connectivity index (χ2v) is 8.66. The maximum absolute atomic E-state index is 12.4. The Morgan fingerprint density at radius 3 is 2.66 bits per heavy atom. The first-order valence-electron chi connectivity index (χ1n) is 9.70. The molecular weight excluding hydrogens is 400 g/mol. The lowest BCUT2D eigenvalue weighted by atomic mass is 10.1. The molecular formula is C22H26N4OS2. The minimum atomic E-state index is -0.0606. The highest BCUT2D eigenvalue weighted by molar-refractivity contribution is 7.99. The first-order valence-corrected chi connectivity index (χ1v) is 11.6. The van der Waals surface area contributed by atoms with E-state index in [9.17, 15) is 4.79 Å². The average Bonchev–Trinajstić information content (AvgIpc) is 3.29. The maximum atomic E-state index is 12.4. The van der Waals surface area contributed by atoms with Crippen molar-refractivity contribution in [1.29, 1.82) is 0 Å². The second-order valence-electron chi connectivity index (χ2n) is 6.63. The molecule has 0 bridgehead atoms. The fourth-order valence-electron chi connectivity index (χ4n) is 3.15. The molecule has 1 amide bonds. The number of hydrogen-bond donors (Lipinski definition) is 1. The van der Waals surface area contributed by atoms with Crippen molar-refractivity contribution in [2.75, 3.05) is 11.1 Å². The zero-order valence-corrected chi connectivity index (χ0v) is 18.7. The lowest BCUT2D eigenvalue weighted by molar-refractivity contribution is -0.113. The van der Waals surface area contributed by atoms with E-state index < -0.39 is 0 Å². The highest BCUT2D eigenvalue weighted by Crippen LogP contribution is 2.32. The van der Waals surface area contributed by atoms with Crippen LogP contribution in [0.5, 0.6) is 0 Å². The molecule has 1 N–H and O–H groups in total. The van der Waals surface area contributed by atoms with Crippen molar-refractivity contribution in [2.24, 2.45) is 0 Å². The summed E-state index contributed by atoms with van der Waals surface area (Å²) in [7, 11) is 0. The number of amides is 1. The van der Waals surface area contributed by atoms with Gasteiger partial charge in [-0.3, -0.25) is 9.36 Å². The quantitative estimate of drug-likeness (QED) is 0.370. The summed E-state index contributed by atoms with van der Waals surface area (Å²) in [5.74, 6) is 1.05. The SMILES string of the molecule is C=CCn1c(SCC(=O)Nc2ccc(CC)cc2)nnc1-c1csc(C)c1CC. The molecule has 1 aromatic carbocycles. The van der Waals surface area contributed by atoms with Crippen LogP contribution >= 0.6 is 23.1 Å². The molecule has 0 fully saturated rings. The number of aromatic nitrogens is 3. The third-order valence-corrected chi connectivity index (χ3v) is 6.63. The van der Waals surface area contributed by atoms with Gasteiger partial charge in [-0.05, 0) is 43.0 Å². The number of anilines is 1. The van der Waals surface area contributed by atoms with Crippen LogP contribution in [0.3, 0.4) is 0 Å². The fraction of sp³-hybridized carbons (Fsp3) is 0.318. The molecule has 29 heavy (non-hydrogen) atoms. The van der Waals surface area contributed by atoms with Crippen LogP contribution in [0.2, 0.25) is 0 Å². The van der Waals surface area contributed by atoms with Gasteiger partial charge in [0, 0.05) is 28.1 Å². The second kappa shape index (κ2) is 9.89. The summed E-state index contributed by atoms with van der Waals surface area (Å²) in [6, 6.07) is 7.93. The number of carbonyl (C=O) groups excluding carboxylic acids is 1. The molecule has 0 unspecified atom stereocenters. The molecule has 3 aromatic rings. The molecule has 0 saturated heterocycles. The predicted octanol–water partition coefficient (Wildman–Crippen LogP) is 5.36. The number of rotatable bonds is 9. The Kier molecular flexibility index (Phi) is 7.28. The van der Waals surface area contributed by atoms with Crippen LogP contribution in [-0.4, -0.2) is 26.4 Å². The summed E-state index contributed by atoms with van der Waals surface area (Å²) < 4.78 is 2.03. The molecule has 0 spiro atoms. The number of allylic oxidation sites excluding steroid dienone is 1. The van der Waals surface area contributed by atoms with Gasteiger partial charge in [0.2, 0.25) is 5.91 Å². The summed E-state index contributed by atoms with van der Waals surface area (Å²) in [6.07, 6.45) is 3.76. The molecule has 5 nitrogen and oxygen atoms in total. The van der Waals surface area contributed by atoms with Gasteiger partial charge in [-0.15, -0.1) is 28.1 Å². The van der Waals surface area contributed by atoms with E-state index in [0.717, 1.165) is 35.1 Å². The van der Waals surface area contributed by atoms with Crippen LogP contribution in [-0.2, 0) is 24.2 Å². The van der Waals surface area contributed by atoms with Crippen LogP contribution in [0.15, 0.2) is 47.5 Å². The van der Waals surface area contributed by atoms with Crippen LogP contribution in [0.25, 0.3) is 11.4 Å². The zero-order chi connectivity index (χ0) is 20.8. The van der Waals surface area contributed by atoms with E-state index in [-0.39, 0.29) is 11.7 Å². The lowest BCUT2D eigenvalue weighted by Crippen LogP contribution is -2.14. The molecule has 0 radical (unpaired) electrons. The third kappa shape index (κ3) is 4.97. The predicted molar refractivity (Wildman–Crippen MR) is 123 cm³/mol. The van der Waals surface area contributed by atoms with E-state index in [0.29, 0.717) is 6.54 Å². The molecule has 0 aliphatic carbocycles. The van der Waals surface area contributed by atoms with Gasteiger partial charge in [0.1, 0.15) is 0 Å². The van der Waals surface area contributed by atoms with E-state index in [1.54, 1.807) is 11.3 Å². The summed E-state index contributed by atoms with van der Waals surface area (Å²) in [5, 5.41) is 14.6.